The van der Waals surface area contributed by atoms with Gasteiger partial charge in [-0.25, -0.2) is 8.42 Å². The predicted molar refractivity (Wildman–Crippen MR) is 47.3 cm³/mol. The molecule has 0 aliphatic rings. The molecule has 60 valence electrons. The molecule has 0 aliphatic carbocycles. The molecular formula is C7H7BrO2S. The third-order valence-corrected chi connectivity index (χ3v) is 2.90. The first kappa shape index (κ1) is 8.74. The molecule has 0 amide bonds. The van der Waals surface area contributed by atoms with E-state index < -0.39 is 9.84 Å². The second kappa shape index (κ2) is 2.95. The van der Waals surface area contributed by atoms with Crippen LogP contribution in [0.25, 0.3) is 0 Å². The molecule has 1 aromatic carbocycles. The molecule has 0 saturated carbocycles. The van der Waals surface area contributed by atoms with Gasteiger partial charge < -0.3 is 0 Å². The molecule has 0 saturated heterocycles. The van der Waals surface area contributed by atoms with Crippen LogP contribution in [0.5, 0.6) is 0 Å². The lowest BCUT2D eigenvalue weighted by atomic mass is 10.4. The lowest BCUT2D eigenvalue weighted by Gasteiger charge is -1.96. The van der Waals surface area contributed by atoms with Gasteiger partial charge in [0.25, 0.3) is 0 Å². The maximum absolute atomic E-state index is 10.9. The fourth-order valence-electron chi connectivity index (χ4n) is 0.682. The zero-order valence-corrected chi connectivity index (χ0v) is 8.31. The Kier molecular flexibility index (Phi) is 2.34. The molecule has 0 aliphatic heterocycles. The highest BCUT2D eigenvalue weighted by Gasteiger charge is 2.04. The second-order valence-corrected chi connectivity index (χ2v) is 5.16. The van der Waals surface area contributed by atoms with Crippen molar-refractivity contribution >= 4 is 25.8 Å². The van der Waals surface area contributed by atoms with E-state index in [1.807, 2.05) is 0 Å². The van der Waals surface area contributed by atoms with E-state index in [0.29, 0.717) is 4.90 Å². The number of sulfone groups is 1. The third-order valence-electron chi connectivity index (χ3n) is 1.24. The van der Waals surface area contributed by atoms with Gasteiger partial charge in [0.1, 0.15) is 0 Å². The quantitative estimate of drug-likeness (QED) is 0.746. The van der Waals surface area contributed by atoms with E-state index in [9.17, 15) is 8.42 Å². The second-order valence-electron chi connectivity index (χ2n) is 2.23. The van der Waals surface area contributed by atoms with Gasteiger partial charge >= 0.3 is 0 Å². The topological polar surface area (TPSA) is 34.1 Å². The monoisotopic (exact) mass is 236 g/mol. The van der Waals surface area contributed by atoms with Gasteiger partial charge in [-0.2, -0.15) is 0 Å². The van der Waals surface area contributed by atoms with Gasteiger partial charge in [-0.05, 0) is 24.3 Å². The summed E-state index contributed by atoms with van der Waals surface area (Å²) in [7, 11) is -3.04. The minimum atomic E-state index is -3.04. The fourth-order valence-corrected chi connectivity index (χ4v) is 1.58. The largest absolute Gasteiger partial charge is 0.224 e. The highest BCUT2D eigenvalue weighted by molar-refractivity contribution is 9.10. The van der Waals surface area contributed by atoms with E-state index in [1.54, 1.807) is 24.3 Å². The summed E-state index contributed by atoms with van der Waals surface area (Å²) in [5, 5.41) is 0. The first-order chi connectivity index (χ1) is 5.00. The Labute approximate surface area is 74.3 Å². The summed E-state index contributed by atoms with van der Waals surface area (Å²) in [5.74, 6) is 0. The maximum atomic E-state index is 10.9. The number of halogens is 1. The minimum absolute atomic E-state index is 0.348. The van der Waals surface area contributed by atoms with Crippen LogP contribution in [0.2, 0.25) is 0 Å². The Morgan fingerprint density at radius 2 is 1.64 bits per heavy atom. The molecule has 11 heavy (non-hydrogen) atoms. The van der Waals surface area contributed by atoms with Crippen LogP contribution >= 0.6 is 15.9 Å². The average Bonchev–Trinajstić information content (AvgIpc) is 1.86. The van der Waals surface area contributed by atoms with Crippen LogP contribution in [0.4, 0.5) is 0 Å². The normalized spacial score (nSPS) is 11.5. The summed E-state index contributed by atoms with van der Waals surface area (Å²) in [4.78, 5) is 0.348. The molecule has 0 fully saturated rings. The van der Waals surface area contributed by atoms with Gasteiger partial charge in [0, 0.05) is 10.7 Å². The Balaban J connectivity index is 3.20. The van der Waals surface area contributed by atoms with Crippen LogP contribution in [-0.2, 0) is 9.84 Å². The first-order valence-electron chi connectivity index (χ1n) is 2.96. The van der Waals surface area contributed by atoms with E-state index in [4.69, 9.17) is 0 Å². The molecule has 0 unspecified atom stereocenters. The van der Waals surface area contributed by atoms with E-state index >= 15 is 0 Å². The Morgan fingerprint density at radius 3 is 2.00 bits per heavy atom. The van der Waals surface area contributed by atoms with Crippen molar-refractivity contribution in [1.82, 2.24) is 0 Å². The summed E-state index contributed by atoms with van der Waals surface area (Å²) in [6.45, 7) is 0. The van der Waals surface area contributed by atoms with Gasteiger partial charge in [-0.15, -0.1) is 0 Å². The van der Waals surface area contributed by atoms with Crippen molar-refractivity contribution in [2.75, 3.05) is 6.26 Å². The van der Waals surface area contributed by atoms with Crippen molar-refractivity contribution in [3.63, 3.8) is 0 Å². The van der Waals surface area contributed by atoms with Gasteiger partial charge in [0.05, 0.1) is 4.90 Å². The maximum Gasteiger partial charge on any atom is 0.175 e. The summed E-state index contributed by atoms with van der Waals surface area (Å²) in [5.41, 5.74) is 0. The molecule has 1 rings (SSSR count). The van der Waals surface area contributed by atoms with Crippen molar-refractivity contribution in [2.24, 2.45) is 0 Å². The molecule has 2 nitrogen and oxygen atoms in total. The SMILES string of the molecule is [14CH3]S(=O)(=O)c1ccc(Br)cc1. The van der Waals surface area contributed by atoms with Gasteiger partial charge in [0.2, 0.25) is 0 Å². The Morgan fingerprint density at radius 1 is 1.18 bits per heavy atom. The van der Waals surface area contributed by atoms with Crippen LogP contribution in [0, 0.1) is 0 Å². The number of hydrogen-bond acceptors (Lipinski definition) is 2. The van der Waals surface area contributed by atoms with Crippen molar-refractivity contribution in [3.05, 3.63) is 28.7 Å². The molecule has 0 radical (unpaired) electrons. The zero-order valence-electron chi connectivity index (χ0n) is 5.91. The molecule has 0 aromatic heterocycles. The van der Waals surface area contributed by atoms with Crippen molar-refractivity contribution < 1.29 is 8.42 Å². The molecular weight excluding hydrogens is 230 g/mol. The highest BCUT2D eigenvalue weighted by Crippen LogP contribution is 2.13. The molecule has 1 aromatic rings. The minimum Gasteiger partial charge on any atom is -0.224 e. The molecule has 0 heterocycles. The standard InChI is InChI=1S/C7H7BrO2S/c1-11(9,10)7-4-2-6(8)3-5-7/h2-5H,1H3/i1+2. The molecule has 0 atom stereocenters. The molecule has 0 spiro atoms. The smallest absolute Gasteiger partial charge is 0.175 e. The van der Waals surface area contributed by atoms with Crippen molar-refractivity contribution in [2.45, 2.75) is 4.90 Å². The van der Waals surface area contributed by atoms with Crippen LogP contribution < -0.4 is 0 Å². The number of hydrogen-bond donors (Lipinski definition) is 0. The molecule has 0 bridgehead atoms. The number of rotatable bonds is 1. The average molecular weight is 237 g/mol. The van der Waals surface area contributed by atoms with Gasteiger partial charge in [0.15, 0.2) is 9.84 Å². The summed E-state index contributed by atoms with van der Waals surface area (Å²) in [6, 6.07) is 6.55. The van der Waals surface area contributed by atoms with Crippen LogP contribution in [-0.4, -0.2) is 14.7 Å². The number of benzene rings is 1. The van der Waals surface area contributed by atoms with Gasteiger partial charge in [-0.3, -0.25) is 0 Å². The highest BCUT2D eigenvalue weighted by atomic mass is 79.9. The zero-order chi connectivity index (χ0) is 8.48. The van der Waals surface area contributed by atoms with E-state index in [-0.39, 0.29) is 0 Å². The van der Waals surface area contributed by atoms with Crippen LogP contribution in [0.15, 0.2) is 33.6 Å². The lowest BCUT2D eigenvalue weighted by molar-refractivity contribution is 0.602. The summed E-state index contributed by atoms with van der Waals surface area (Å²) >= 11 is 3.22. The summed E-state index contributed by atoms with van der Waals surface area (Å²) < 4.78 is 22.7. The van der Waals surface area contributed by atoms with Crippen LogP contribution in [0.1, 0.15) is 0 Å². The Hall–Kier alpha value is -0.350. The predicted octanol–water partition coefficient (Wildman–Crippen LogP) is 1.85. The van der Waals surface area contributed by atoms with Crippen molar-refractivity contribution in [1.29, 1.82) is 0 Å². The fraction of sp³-hybridized carbons (Fsp3) is 0.143. The third kappa shape index (κ3) is 2.31. The van der Waals surface area contributed by atoms with Crippen molar-refractivity contribution in [3.8, 4) is 0 Å². The van der Waals surface area contributed by atoms with E-state index in [1.165, 1.54) is 6.26 Å². The van der Waals surface area contributed by atoms with Crippen LogP contribution in [0.3, 0.4) is 0 Å². The first-order valence-corrected chi connectivity index (χ1v) is 5.64. The summed E-state index contributed by atoms with van der Waals surface area (Å²) in [6.07, 6.45) is 1.19. The molecule has 4 heteroatoms. The lowest BCUT2D eigenvalue weighted by Crippen LogP contribution is -1.95. The molecule has 0 N–H and O–H groups in total. The Bertz CT molecular complexity index is 339. The van der Waals surface area contributed by atoms with E-state index in [0.717, 1.165) is 4.47 Å². The van der Waals surface area contributed by atoms with E-state index in [2.05, 4.69) is 15.9 Å². The van der Waals surface area contributed by atoms with Gasteiger partial charge in [-0.1, -0.05) is 15.9 Å².